The Morgan fingerprint density at radius 2 is 2.45 bits per heavy atom. The second kappa shape index (κ2) is 6.12. The first-order chi connectivity index (χ1) is 5.20. The first-order valence-corrected chi connectivity index (χ1v) is 3.89. The smallest absolute Gasteiger partial charge is 0.166 e. The molecule has 0 spiro atoms. The third-order valence-corrected chi connectivity index (χ3v) is 1.37. The first-order valence-electron chi connectivity index (χ1n) is 3.48. The number of aliphatic hydroxyl groups excluding tert-OH is 1. The molecule has 64 valence electrons. The monoisotopic (exact) mass is 174 g/mol. The van der Waals surface area contributed by atoms with Crippen molar-refractivity contribution in [2.75, 3.05) is 13.2 Å². The summed E-state index contributed by atoms with van der Waals surface area (Å²) in [6.07, 6.45) is 1.76. The number of nitrogens with one attached hydrogen (secondary N) is 2. The first kappa shape index (κ1) is 10.4. The van der Waals surface area contributed by atoms with Gasteiger partial charge in [-0.1, -0.05) is 6.08 Å². The van der Waals surface area contributed by atoms with Gasteiger partial charge in [0.1, 0.15) is 0 Å². The Kier molecular flexibility index (Phi) is 5.78. The van der Waals surface area contributed by atoms with E-state index < -0.39 is 0 Å². The topological polar surface area (TPSA) is 44.3 Å². The Morgan fingerprint density at radius 3 is 2.91 bits per heavy atom. The number of hydrogen-bond donors (Lipinski definition) is 3. The van der Waals surface area contributed by atoms with E-state index in [4.69, 9.17) is 17.3 Å². The summed E-state index contributed by atoms with van der Waals surface area (Å²) in [7, 11) is 0. The van der Waals surface area contributed by atoms with Gasteiger partial charge in [-0.05, 0) is 19.1 Å². The Bertz CT molecular complexity index is 138. The maximum Gasteiger partial charge on any atom is 0.166 e. The molecule has 1 atom stereocenters. The largest absolute Gasteiger partial charge is 0.395 e. The standard InChI is InChI=1S/C7H14N2OS/c1-3-6(2)9-7(11)8-4-5-10/h3,6,10H,1,4-5H2,2H3,(H2,8,9,11). The van der Waals surface area contributed by atoms with Gasteiger partial charge in [0.25, 0.3) is 0 Å². The second-order valence-corrected chi connectivity index (χ2v) is 2.56. The lowest BCUT2D eigenvalue weighted by atomic mass is 10.3. The lowest BCUT2D eigenvalue weighted by molar-refractivity contribution is 0.300. The van der Waals surface area contributed by atoms with Crippen molar-refractivity contribution >= 4 is 17.3 Å². The highest BCUT2D eigenvalue weighted by molar-refractivity contribution is 7.80. The van der Waals surface area contributed by atoms with Crippen LogP contribution < -0.4 is 10.6 Å². The van der Waals surface area contributed by atoms with E-state index in [1.807, 2.05) is 6.92 Å². The molecule has 0 saturated carbocycles. The zero-order chi connectivity index (χ0) is 8.69. The number of aliphatic hydroxyl groups is 1. The third kappa shape index (κ3) is 5.82. The van der Waals surface area contributed by atoms with Crippen molar-refractivity contribution in [2.24, 2.45) is 0 Å². The summed E-state index contributed by atoms with van der Waals surface area (Å²) >= 11 is 4.88. The highest BCUT2D eigenvalue weighted by atomic mass is 32.1. The van der Waals surface area contributed by atoms with Crippen LogP contribution in [0.3, 0.4) is 0 Å². The Balaban J connectivity index is 3.43. The Hall–Kier alpha value is -0.610. The summed E-state index contributed by atoms with van der Waals surface area (Å²) in [5.74, 6) is 0. The second-order valence-electron chi connectivity index (χ2n) is 2.15. The van der Waals surface area contributed by atoms with Crippen LogP contribution in [-0.2, 0) is 0 Å². The van der Waals surface area contributed by atoms with E-state index in [2.05, 4.69) is 17.2 Å². The van der Waals surface area contributed by atoms with Crippen molar-refractivity contribution in [1.82, 2.24) is 10.6 Å². The van der Waals surface area contributed by atoms with Crippen LogP contribution in [0, 0.1) is 0 Å². The van der Waals surface area contributed by atoms with E-state index in [0.717, 1.165) is 0 Å². The molecule has 0 aliphatic rings. The average Bonchev–Trinajstić information content (AvgIpc) is 2.00. The summed E-state index contributed by atoms with van der Waals surface area (Å²) in [6, 6.07) is 0.161. The summed E-state index contributed by atoms with van der Waals surface area (Å²) in [4.78, 5) is 0. The van der Waals surface area contributed by atoms with Crippen molar-refractivity contribution in [3.05, 3.63) is 12.7 Å². The Morgan fingerprint density at radius 1 is 1.82 bits per heavy atom. The van der Waals surface area contributed by atoms with Crippen molar-refractivity contribution in [3.63, 3.8) is 0 Å². The summed E-state index contributed by atoms with van der Waals surface area (Å²) in [5, 5.41) is 14.8. The van der Waals surface area contributed by atoms with Crippen LogP contribution in [0.2, 0.25) is 0 Å². The molecule has 0 saturated heterocycles. The molecule has 0 heterocycles. The summed E-state index contributed by atoms with van der Waals surface area (Å²) in [5.41, 5.74) is 0. The molecule has 0 bridgehead atoms. The highest BCUT2D eigenvalue weighted by Crippen LogP contribution is 1.80. The van der Waals surface area contributed by atoms with Crippen LogP contribution in [0.4, 0.5) is 0 Å². The average molecular weight is 174 g/mol. The van der Waals surface area contributed by atoms with Crippen molar-refractivity contribution in [2.45, 2.75) is 13.0 Å². The molecule has 0 fully saturated rings. The van der Waals surface area contributed by atoms with Crippen LogP contribution in [0.5, 0.6) is 0 Å². The van der Waals surface area contributed by atoms with Crippen molar-refractivity contribution in [1.29, 1.82) is 0 Å². The fourth-order valence-corrected chi connectivity index (χ4v) is 0.774. The van der Waals surface area contributed by atoms with Gasteiger partial charge in [0.05, 0.1) is 6.61 Å². The molecule has 0 aromatic heterocycles. The molecule has 0 amide bonds. The fraction of sp³-hybridized carbons (Fsp3) is 0.571. The third-order valence-electron chi connectivity index (χ3n) is 1.11. The van der Waals surface area contributed by atoms with Gasteiger partial charge in [-0.25, -0.2) is 0 Å². The van der Waals surface area contributed by atoms with Gasteiger partial charge >= 0.3 is 0 Å². The maximum atomic E-state index is 8.44. The maximum absolute atomic E-state index is 8.44. The minimum atomic E-state index is 0.0876. The molecule has 0 rings (SSSR count). The van der Waals surface area contributed by atoms with E-state index in [1.165, 1.54) is 0 Å². The molecule has 0 aliphatic heterocycles. The minimum absolute atomic E-state index is 0.0876. The Labute approximate surface area is 72.5 Å². The molecule has 4 heteroatoms. The molecule has 0 aromatic rings. The van der Waals surface area contributed by atoms with Crippen molar-refractivity contribution in [3.8, 4) is 0 Å². The summed E-state index contributed by atoms with van der Waals surface area (Å²) < 4.78 is 0. The number of thiocarbonyl (C=S) groups is 1. The zero-order valence-corrected chi connectivity index (χ0v) is 7.45. The van der Waals surface area contributed by atoms with E-state index in [-0.39, 0.29) is 12.6 Å². The SMILES string of the molecule is C=CC(C)NC(=S)NCCO. The van der Waals surface area contributed by atoms with Gasteiger partial charge in [-0.3, -0.25) is 0 Å². The van der Waals surface area contributed by atoms with Gasteiger partial charge < -0.3 is 15.7 Å². The molecule has 1 unspecified atom stereocenters. The predicted molar refractivity (Wildman–Crippen MR) is 50.5 cm³/mol. The van der Waals surface area contributed by atoms with Crippen molar-refractivity contribution < 1.29 is 5.11 Å². The van der Waals surface area contributed by atoms with E-state index in [9.17, 15) is 0 Å². The van der Waals surface area contributed by atoms with Gasteiger partial charge in [-0.2, -0.15) is 0 Å². The van der Waals surface area contributed by atoms with Gasteiger partial charge in [0.15, 0.2) is 5.11 Å². The minimum Gasteiger partial charge on any atom is -0.395 e. The quantitative estimate of drug-likeness (QED) is 0.415. The normalized spacial score (nSPS) is 11.8. The van der Waals surface area contributed by atoms with E-state index >= 15 is 0 Å². The van der Waals surface area contributed by atoms with E-state index in [0.29, 0.717) is 11.7 Å². The molecule has 3 N–H and O–H groups in total. The zero-order valence-electron chi connectivity index (χ0n) is 6.63. The molecule has 0 radical (unpaired) electrons. The van der Waals surface area contributed by atoms with Crippen LogP contribution >= 0.6 is 12.2 Å². The molecule has 0 aliphatic carbocycles. The summed E-state index contributed by atoms with van der Waals surface area (Å²) in [6.45, 7) is 6.11. The fourth-order valence-electron chi connectivity index (χ4n) is 0.486. The van der Waals surface area contributed by atoms with Crippen LogP contribution in [0.15, 0.2) is 12.7 Å². The van der Waals surface area contributed by atoms with Gasteiger partial charge in [0, 0.05) is 12.6 Å². The molecular formula is C7H14N2OS. The molecule has 3 nitrogen and oxygen atoms in total. The molecule has 11 heavy (non-hydrogen) atoms. The number of rotatable bonds is 4. The lowest BCUT2D eigenvalue weighted by Gasteiger charge is -2.12. The van der Waals surface area contributed by atoms with E-state index in [1.54, 1.807) is 6.08 Å². The number of hydrogen-bond acceptors (Lipinski definition) is 2. The lowest BCUT2D eigenvalue weighted by Crippen LogP contribution is -2.40. The van der Waals surface area contributed by atoms with Crippen LogP contribution in [0.25, 0.3) is 0 Å². The van der Waals surface area contributed by atoms with Gasteiger partial charge in [0.2, 0.25) is 0 Å². The highest BCUT2D eigenvalue weighted by Gasteiger charge is 1.96. The van der Waals surface area contributed by atoms with Crippen LogP contribution in [0.1, 0.15) is 6.92 Å². The molecule has 0 aromatic carbocycles. The predicted octanol–water partition coefficient (Wildman–Crippen LogP) is 0.0173. The van der Waals surface area contributed by atoms with Gasteiger partial charge in [-0.15, -0.1) is 6.58 Å². The molecular weight excluding hydrogens is 160 g/mol. The van der Waals surface area contributed by atoms with Crippen LogP contribution in [-0.4, -0.2) is 29.4 Å².